The second kappa shape index (κ2) is 6.65. The number of anilines is 1. The summed E-state index contributed by atoms with van der Waals surface area (Å²) in [5.41, 5.74) is 3.23. The lowest BCUT2D eigenvalue weighted by atomic mass is 10.2. The Kier molecular flexibility index (Phi) is 4.57. The van der Waals surface area contributed by atoms with E-state index in [1.54, 1.807) is 12.1 Å². The Labute approximate surface area is 142 Å². The number of aromatic nitrogens is 2. The zero-order chi connectivity index (χ0) is 17.2. The van der Waals surface area contributed by atoms with Crippen LogP contribution in [-0.2, 0) is 16.4 Å². The molecule has 0 fully saturated rings. The van der Waals surface area contributed by atoms with E-state index in [0.717, 1.165) is 22.4 Å². The summed E-state index contributed by atoms with van der Waals surface area (Å²) in [7, 11) is -3.40. The Morgan fingerprint density at radius 1 is 1.12 bits per heavy atom. The maximum absolute atomic E-state index is 12.3. The van der Waals surface area contributed by atoms with Gasteiger partial charge >= 0.3 is 0 Å². The first-order valence-electron chi connectivity index (χ1n) is 7.97. The molecule has 2 aromatic carbocycles. The van der Waals surface area contributed by atoms with Crippen molar-refractivity contribution in [2.45, 2.75) is 26.2 Å². The van der Waals surface area contributed by atoms with E-state index < -0.39 is 10.0 Å². The van der Waals surface area contributed by atoms with E-state index in [2.05, 4.69) is 28.5 Å². The Balaban J connectivity index is 1.73. The van der Waals surface area contributed by atoms with Crippen LogP contribution >= 0.6 is 0 Å². The van der Waals surface area contributed by atoms with Crippen molar-refractivity contribution < 1.29 is 8.42 Å². The lowest BCUT2D eigenvalue weighted by molar-refractivity contribution is 0.600. The van der Waals surface area contributed by atoms with Crippen molar-refractivity contribution in [3.8, 4) is 0 Å². The smallest absolute Gasteiger partial charge is 0.233 e. The van der Waals surface area contributed by atoms with Gasteiger partial charge in [-0.15, -0.1) is 0 Å². The number of hydrogen-bond donors (Lipinski definition) is 2. The third-order valence-electron chi connectivity index (χ3n) is 3.82. The molecule has 0 atom stereocenters. The monoisotopic (exact) mass is 343 g/mol. The van der Waals surface area contributed by atoms with Gasteiger partial charge < -0.3 is 4.98 Å². The molecule has 0 spiro atoms. The van der Waals surface area contributed by atoms with Crippen LogP contribution in [0.4, 0.5) is 5.69 Å². The summed E-state index contributed by atoms with van der Waals surface area (Å²) >= 11 is 0. The average molecular weight is 343 g/mol. The van der Waals surface area contributed by atoms with E-state index in [4.69, 9.17) is 0 Å². The van der Waals surface area contributed by atoms with Crippen LogP contribution < -0.4 is 4.72 Å². The van der Waals surface area contributed by atoms with E-state index in [9.17, 15) is 8.42 Å². The molecule has 0 unspecified atom stereocenters. The molecule has 0 radical (unpaired) electrons. The minimum Gasteiger partial charge on any atom is -0.342 e. The molecule has 0 aliphatic heterocycles. The molecule has 0 aliphatic carbocycles. The second-order valence-corrected chi connectivity index (χ2v) is 8.01. The quantitative estimate of drug-likeness (QED) is 0.717. The lowest BCUT2D eigenvalue weighted by Gasteiger charge is -2.08. The molecule has 0 saturated carbocycles. The minimum atomic E-state index is -3.40. The molecule has 24 heavy (non-hydrogen) atoms. The van der Waals surface area contributed by atoms with Gasteiger partial charge in [-0.2, -0.15) is 0 Å². The summed E-state index contributed by atoms with van der Waals surface area (Å²) in [4.78, 5) is 7.73. The first kappa shape index (κ1) is 16.5. The van der Waals surface area contributed by atoms with E-state index in [1.807, 2.05) is 36.4 Å². The Morgan fingerprint density at radius 2 is 1.88 bits per heavy atom. The fourth-order valence-electron chi connectivity index (χ4n) is 2.49. The van der Waals surface area contributed by atoms with Crippen LogP contribution in [0.5, 0.6) is 0 Å². The van der Waals surface area contributed by atoms with Crippen LogP contribution in [0.1, 0.15) is 31.2 Å². The first-order chi connectivity index (χ1) is 11.4. The number of nitrogens with zero attached hydrogens (tertiary/aromatic N) is 1. The highest BCUT2D eigenvalue weighted by Crippen LogP contribution is 2.21. The number of fused-ring (bicyclic) bond motifs is 1. The van der Waals surface area contributed by atoms with Crippen LogP contribution in [0.15, 0.2) is 48.5 Å². The normalized spacial score (nSPS) is 12.0. The molecule has 0 amide bonds. The Hall–Kier alpha value is -2.34. The number of H-pyrrole nitrogens is 1. The standard InChI is InChI=1S/C18H21N3O2S/c1-13(2)18-19-16-9-8-15(12-17(16)20-18)21-24(22,23)11-10-14-6-4-3-5-7-14/h3-9,12-13,21H,10-11H2,1-2H3,(H,19,20). The van der Waals surface area contributed by atoms with Gasteiger partial charge in [-0.3, -0.25) is 4.72 Å². The van der Waals surface area contributed by atoms with Crippen LogP contribution in [0.2, 0.25) is 0 Å². The van der Waals surface area contributed by atoms with Gasteiger partial charge in [-0.25, -0.2) is 13.4 Å². The minimum absolute atomic E-state index is 0.0509. The highest BCUT2D eigenvalue weighted by Gasteiger charge is 2.12. The van der Waals surface area contributed by atoms with Crippen LogP contribution in [0.25, 0.3) is 11.0 Å². The molecular weight excluding hydrogens is 322 g/mol. The molecule has 1 heterocycles. The molecule has 2 N–H and O–H groups in total. The summed E-state index contributed by atoms with van der Waals surface area (Å²) in [6, 6.07) is 15.0. The fraction of sp³-hybridized carbons (Fsp3) is 0.278. The van der Waals surface area contributed by atoms with Gasteiger partial charge in [0.05, 0.1) is 22.5 Å². The van der Waals surface area contributed by atoms with Crippen molar-refractivity contribution in [2.75, 3.05) is 10.5 Å². The SMILES string of the molecule is CC(C)c1nc2ccc(NS(=O)(=O)CCc3ccccc3)cc2[nH]1. The van der Waals surface area contributed by atoms with Crippen LogP contribution in [0.3, 0.4) is 0 Å². The van der Waals surface area contributed by atoms with Crippen molar-refractivity contribution in [1.29, 1.82) is 0 Å². The third kappa shape index (κ3) is 3.94. The number of imidazole rings is 1. The highest BCUT2D eigenvalue weighted by atomic mass is 32.2. The molecule has 126 valence electrons. The average Bonchev–Trinajstić information content (AvgIpc) is 2.97. The number of benzene rings is 2. The summed E-state index contributed by atoms with van der Waals surface area (Å²) < 4.78 is 27.2. The van der Waals surface area contributed by atoms with Crippen LogP contribution in [-0.4, -0.2) is 24.1 Å². The molecule has 3 aromatic rings. The molecule has 0 aliphatic rings. The number of aryl methyl sites for hydroxylation is 1. The van der Waals surface area contributed by atoms with E-state index in [1.165, 1.54) is 0 Å². The number of rotatable bonds is 6. The van der Waals surface area contributed by atoms with Crippen molar-refractivity contribution in [3.63, 3.8) is 0 Å². The second-order valence-electron chi connectivity index (χ2n) is 6.17. The van der Waals surface area contributed by atoms with Gasteiger partial charge in [0.1, 0.15) is 5.82 Å². The Bertz CT molecular complexity index is 931. The number of aromatic amines is 1. The maximum atomic E-state index is 12.3. The predicted octanol–water partition coefficient (Wildman–Crippen LogP) is 3.67. The predicted molar refractivity (Wildman–Crippen MR) is 97.7 cm³/mol. The third-order valence-corrected chi connectivity index (χ3v) is 5.11. The Morgan fingerprint density at radius 3 is 2.58 bits per heavy atom. The molecule has 5 nitrogen and oxygen atoms in total. The summed E-state index contributed by atoms with van der Waals surface area (Å²) in [6.07, 6.45) is 0.486. The van der Waals surface area contributed by atoms with Gasteiger partial charge in [0.2, 0.25) is 10.0 Å². The molecule has 3 rings (SSSR count). The zero-order valence-electron chi connectivity index (χ0n) is 13.8. The number of nitrogens with one attached hydrogen (secondary N) is 2. The topological polar surface area (TPSA) is 74.8 Å². The molecule has 0 bridgehead atoms. The molecule has 1 aromatic heterocycles. The summed E-state index contributed by atoms with van der Waals surface area (Å²) in [5, 5.41) is 0. The van der Waals surface area contributed by atoms with Crippen LogP contribution in [0, 0.1) is 0 Å². The summed E-state index contributed by atoms with van der Waals surface area (Å²) in [5.74, 6) is 1.24. The zero-order valence-corrected chi connectivity index (χ0v) is 14.6. The van der Waals surface area contributed by atoms with Gasteiger partial charge in [-0.1, -0.05) is 44.2 Å². The summed E-state index contributed by atoms with van der Waals surface area (Å²) in [6.45, 7) is 4.12. The van der Waals surface area contributed by atoms with E-state index >= 15 is 0 Å². The van der Waals surface area contributed by atoms with Gasteiger partial charge in [-0.05, 0) is 30.2 Å². The largest absolute Gasteiger partial charge is 0.342 e. The van der Waals surface area contributed by atoms with Gasteiger partial charge in [0, 0.05) is 5.92 Å². The van der Waals surface area contributed by atoms with Gasteiger partial charge in [0.15, 0.2) is 0 Å². The van der Waals surface area contributed by atoms with Crippen molar-refractivity contribution in [2.24, 2.45) is 0 Å². The molecule has 0 saturated heterocycles. The maximum Gasteiger partial charge on any atom is 0.233 e. The number of hydrogen-bond acceptors (Lipinski definition) is 3. The highest BCUT2D eigenvalue weighted by molar-refractivity contribution is 7.92. The lowest BCUT2D eigenvalue weighted by Crippen LogP contribution is -2.18. The van der Waals surface area contributed by atoms with Crippen molar-refractivity contribution in [3.05, 3.63) is 59.9 Å². The number of sulfonamides is 1. The van der Waals surface area contributed by atoms with Crippen molar-refractivity contribution >= 4 is 26.7 Å². The van der Waals surface area contributed by atoms with Crippen molar-refractivity contribution in [1.82, 2.24) is 9.97 Å². The van der Waals surface area contributed by atoms with E-state index in [-0.39, 0.29) is 5.75 Å². The fourth-order valence-corrected chi connectivity index (χ4v) is 3.59. The first-order valence-corrected chi connectivity index (χ1v) is 9.62. The van der Waals surface area contributed by atoms with E-state index in [0.29, 0.717) is 18.0 Å². The van der Waals surface area contributed by atoms with Gasteiger partial charge in [0.25, 0.3) is 0 Å². The molecular formula is C18H21N3O2S. The molecule has 6 heteroatoms.